The lowest BCUT2D eigenvalue weighted by molar-refractivity contribution is -0.116. The molecule has 0 aliphatic heterocycles. The first-order chi connectivity index (χ1) is 15.5. The topological polar surface area (TPSA) is 74.8 Å². The van der Waals surface area contributed by atoms with E-state index in [1.165, 1.54) is 17.8 Å². The Balaban J connectivity index is 1.55. The van der Waals surface area contributed by atoms with Crippen LogP contribution in [0.1, 0.15) is 36.4 Å². The average Bonchev–Trinajstić information content (AvgIpc) is 3.54. The Bertz CT molecular complexity index is 1180. The van der Waals surface area contributed by atoms with Crippen molar-refractivity contribution in [2.75, 3.05) is 17.2 Å². The van der Waals surface area contributed by atoms with Crippen molar-refractivity contribution in [2.24, 2.45) is 0 Å². The summed E-state index contributed by atoms with van der Waals surface area (Å²) in [6.45, 7) is 4.35. The maximum Gasteiger partial charge on any atom is 0.237 e. The van der Waals surface area contributed by atoms with Gasteiger partial charge in [0, 0.05) is 18.3 Å². The maximum absolute atomic E-state index is 14.4. The van der Waals surface area contributed by atoms with Gasteiger partial charge in [0.15, 0.2) is 11.0 Å². The molecule has 1 aliphatic rings. The zero-order valence-electron chi connectivity index (χ0n) is 18.1. The number of anilines is 1. The molecule has 3 aromatic rings. The Kier molecular flexibility index (Phi) is 6.56. The number of aromatic nitrogens is 3. The number of rotatable bonds is 8. The second-order valence-electron chi connectivity index (χ2n) is 7.90. The highest BCUT2D eigenvalue weighted by Gasteiger charge is 2.31. The van der Waals surface area contributed by atoms with Gasteiger partial charge in [0.1, 0.15) is 5.82 Å². The molecule has 4 rings (SSSR count). The largest absolute Gasteiger partial charge is 0.311 e. The van der Waals surface area contributed by atoms with Crippen molar-refractivity contribution in [1.29, 1.82) is 5.26 Å². The molecule has 0 saturated heterocycles. The monoisotopic (exact) mass is 449 g/mol. The van der Waals surface area contributed by atoms with E-state index in [4.69, 9.17) is 5.26 Å². The van der Waals surface area contributed by atoms with Crippen LogP contribution in [0.5, 0.6) is 0 Å². The van der Waals surface area contributed by atoms with Gasteiger partial charge >= 0.3 is 0 Å². The Morgan fingerprint density at radius 2 is 2.00 bits per heavy atom. The molecule has 0 spiro atoms. The molecule has 0 atom stereocenters. The highest BCUT2D eigenvalue weighted by molar-refractivity contribution is 7.99. The number of hydrogen-bond donors (Lipinski definition) is 0. The van der Waals surface area contributed by atoms with Gasteiger partial charge in [0.05, 0.1) is 23.8 Å². The molecule has 0 radical (unpaired) electrons. The van der Waals surface area contributed by atoms with E-state index in [9.17, 15) is 9.18 Å². The molecule has 8 heteroatoms. The number of carbonyl (C=O) groups excluding carboxylic acids is 1. The summed E-state index contributed by atoms with van der Waals surface area (Å²) in [6, 6.07) is 14.7. The van der Waals surface area contributed by atoms with Crippen LogP contribution < -0.4 is 4.90 Å². The third-order valence-corrected chi connectivity index (χ3v) is 6.49. The van der Waals surface area contributed by atoms with Gasteiger partial charge in [-0.25, -0.2) is 4.39 Å². The smallest absolute Gasteiger partial charge is 0.237 e. The van der Waals surface area contributed by atoms with Crippen molar-refractivity contribution < 1.29 is 9.18 Å². The highest BCUT2D eigenvalue weighted by atomic mass is 32.2. The molecule has 0 unspecified atom stereocenters. The van der Waals surface area contributed by atoms with Crippen LogP contribution in [0.2, 0.25) is 0 Å². The lowest BCUT2D eigenvalue weighted by atomic mass is 10.1. The van der Waals surface area contributed by atoms with Crippen molar-refractivity contribution in [2.45, 2.75) is 44.3 Å². The van der Waals surface area contributed by atoms with Crippen LogP contribution in [0, 0.1) is 31.0 Å². The third-order valence-electron chi connectivity index (χ3n) is 5.57. The minimum absolute atomic E-state index is 0.105. The first-order valence-electron chi connectivity index (χ1n) is 10.6. The van der Waals surface area contributed by atoms with Gasteiger partial charge in [0.25, 0.3) is 0 Å². The zero-order chi connectivity index (χ0) is 22.7. The maximum atomic E-state index is 14.4. The summed E-state index contributed by atoms with van der Waals surface area (Å²) >= 11 is 1.30. The first-order valence-corrected chi connectivity index (χ1v) is 11.6. The number of amides is 1. The number of nitrogens with zero attached hydrogens (tertiary/aromatic N) is 5. The van der Waals surface area contributed by atoms with Gasteiger partial charge in [0.2, 0.25) is 5.91 Å². The number of thioether (sulfide) groups is 1. The fraction of sp³-hybridized carbons (Fsp3) is 0.333. The van der Waals surface area contributed by atoms with E-state index in [0.29, 0.717) is 23.1 Å². The first kappa shape index (κ1) is 22.0. The molecule has 164 valence electrons. The standard InChI is InChI=1S/C24H24FN5OS/c1-16-8-9-19(14-17(16)2)29(13-5-12-26)22(31)15-32-24-28-27-23(30(24)18-10-11-18)20-6-3-4-7-21(20)25/h3-4,6-9,14,18H,5,10-11,13,15H2,1-2H3. The van der Waals surface area contributed by atoms with E-state index >= 15 is 0 Å². The molecule has 0 bridgehead atoms. The quantitative estimate of drug-likeness (QED) is 0.449. The summed E-state index contributed by atoms with van der Waals surface area (Å²) in [5.41, 5.74) is 3.43. The second kappa shape index (κ2) is 9.53. The van der Waals surface area contributed by atoms with E-state index in [0.717, 1.165) is 29.7 Å². The number of halogens is 1. The summed E-state index contributed by atoms with van der Waals surface area (Å²) in [4.78, 5) is 14.8. The van der Waals surface area contributed by atoms with Crippen molar-refractivity contribution in [3.63, 3.8) is 0 Å². The predicted molar refractivity (Wildman–Crippen MR) is 123 cm³/mol. The SMILES string of the molecule is Cc1ccc(N(CCC#N)C(=O)CSc2nnc(-c3ccccc3F)n2C2CC2)cc1C. The number of aryl methyl sites for hydroxylation is 2. The Hall–Kier alpha value is -3.18. The highest BCUT2D eigenvalue weighted by Crippen LogP contribution is 2.41. The normalized spacial score (nSPS) is 13.1. The molecule has 1 amide bonds. The number of carbonyl (C=O) groups is 1. The van der Waals surface area contributed by atoms with Crippen LogP contribution in [-0.4, -0.2) is 33.0 Å². The Morgan fingerprint density at radius 1 is 1.22 bits per heavy atom. The minimum Gasteiger partial charge on any atom is -0.311 e. The molecule has 1 saturated carbocycles. The Labute approximate surface area is 191 Å². The molecule has 0 N–H and O–H groups in total. The third kappa shape index (κ3) is 4.68. The van der Waals surface area contributed by atoms with Crippen LogP contribution in [0.3, 0.4) is 0 Å². The molecule has 1 fully saturated rings. The van der Waals surface area contributed by atoms with Crippen molar-refractivity contribution >= 4 is 23.4 Å². The van der Waals surface area contributed by atoms with E-state index in [2.05, 4.69) is 16.3 Å². The molecule has 2 aromatic carbocycles. The Morgan fingerprint density at radius 3 is 2.69 bits per heavy atom. The van der Waals surface area contributed by atoms with Crippen LogP contribution in [0.15, 0.2) is 47.6 Å². The number of benzene rings is 2. The fourth-order valence-electron chi connectivity index (χ4n) is 3.52. The van der Waals surface area contributed by atoms with Gasteiger partial charge in [-0.3, -0.25) is 9.36 Å². The predicted octanol–water partition coefficient (Wildman–Crippen LogP) is 5.07. The van der Waals surface area contributed by atoms with E-state index in [1.807, 2.05) is 36.6 Å². The van der Waals surface area contributed by atoms with E-state index in [1.54, 1.807) is 23.1 Å². The summed E-state index contributed by atoms with van der Waals surface area (Å²) in [6.07, 6.45) is 2.22. The van der Waals surface area contributed by atoms with Crippen LogP contribution in [0.25, 0.3) is 11.4 Å². The molecule has 1 aromatic heterocycles. The molecule has 6 nitrogen and oxygen atoms in total. The molecule has 32 heavy (non-hydrogen) atoms. The van der Waals surface area contributed by atoms with Gasteiger partial charge in [-0.05, 0) is 62.1 Å². The van der Waals surface area contributed by atoms with E-state index in [-0.39, 0.29) is 29.9 Å². The zero-order valence-corrected chi connectivity index (χ0v) is 18.9. The van der Waals surface area contributed by atoms with Crippen LogP contribution in [0.4, 0.5) is 10.1 Å². The average molecular weight is 450 g/mol. The van der Waals surface area contributed by atoms with Crippen molar-refractivity contribution in [3.05, 3.63) is 59.4 Å². The molecular formula is C24H24FN5OS. The van der Waals surface area contributed by atoms with Gasteiger partial charge in [-0.2, -0.15) is 5.26 Å². The van der Waals surface area contributed by atoms with Crippen LogP contribution >= 0.6 is 11.8 Å². The summed E-state index contributed by atoms with van der Waals surface area (Å²) in [5.74, 6) is 0.203. The lowest BCUT2D eigenvalue weighted by Gasteiger charge is -2.22. The molecule has 1 aliphatic carbocycles. The van der Waals surface area contributed by atoms with Crippen molar-refractivity contribution in [1.82, 2.24) is 14.8 Å². The summed E-state index contributed by atoms with van der Waals surface area (Å²) in [5, 5.41) is 18.2. The van der Waals surface area contributed by atoms with Gasteiger partial charge in [-0.1, -0.05) is 30.0 Å². The minimum atomic E-state index is -0.341. The molecule has 1 heterocycles. The summed E-state index contributed by atoms with van der Waals surface area (Å²) < 4.78 is 16.3. The number of hydrogen-bond acceptors (Lipinski definition) is 5. The molecular weight excluding hydrogens is 425 g/mol. The second-order valence-corrected chi connectivity index (χ2v) is 8.84. The summed E-state index contributed by atoms with van der Waals surface area (Å²) in [7, 11) is 0. The van der Waals surface area contributed by atoms with Gasteiger partial charge < -0.3 is 4.90 Å². The van der Waals surface area contributed by atoms with E-state index < -0.39 is 0 Å². The fourth-order valence-corrected chi connectivity index (χ4v) is 4.40. The lowest BCUT2D eigenvalue weighted by Crippen LogP contribution is -2.33. The van der Waals surface area contributed by atoms with Gasteiger partial charge in [-0.15, -0.1) is 10.2 Å². The van der Waals surface area contributed by atoms with Crippen LogP contribution in [-0.2, 0) is 4.79 Å². The number of nitriles is 1. The van der Waals surface area contributed by atoms with Crippen molar-refractivity contribution in [3.8, 4) is 17.5 Å².